The molecule has 3 nitrogen and oxygen atoms in total. The van der Waals surface area contributed by atoms with Gasteiger partial charge in [0.1, 0.15) is 0 Å². The summed E-state index contributed by atoms with van der Waals surface area (Å²) in [7, 11) is 0. The van der Waals surface area contributed by atoms with Crippen LogP contribution in [0.1, 0.15) is 32.8 Å². The van der Waals surface area contributed by atoms with E-state index in [0.717, 1.165) is 19.4 Å². The van der Waals surface area contributed by atoms with Gasteiger partial charge in [0, 0.05) is 18.9 Å². The first-order chi connectivity index (χ1) is 7.99. The van der Waals surface area contributed by atoms with Crippen LogP contribution in [0.25, 0.3) is 0 Å². The number of hydrogen-bond donors (Lipinski definition) is 2. The smallest absolute Gasteiger partial charge is 0.0746 e. The van der Waals surface area contributed by atoms with Crippen molar-refractivity contribution in [3.63, 3.8) is 0 Å². The second kappa shape index (κ2) is 6.72. The Morgan fingerprint density at radius 2 is 2.00 bits per heavy atom. The zero-order valence-electron chi connectivity index (χ0n) is 11.1. The van der Waals surface area contributed by atoms with Crippen LogP contribution < -0.4 is 5.32 Å². The monoisotopic (exact) mass is 236 g/mol. The molecule has 1 heterocycles. The molecule has 0 radical (unpaired) electrons. The van der Waals surface area contributed by atoms with Crippen LogP contribution in [0, 0.1) is 5.92 Å². The predicted molar refractivity (Wildman–Crippen MR) is 70.9 cm³/mol. The molecule has 1 unspecified atom stereocenters. The molecular formula is C14H24N2O. The highest BCUT2D eigenvalue weighted by Crippen LogP contribution is 2.14. The van der Waals surface area contributed by atoms with E-state index in [1.54, 1.807) is 0 Å². The van der Waals surface area contributed by atoms with Crippen LogP contribution >= 0.6 is 0 Å². The van der Waals surface area contributed by atoms with Crippen LogP contribution in [0.4, 0.5) is 0 Å². The molecule has 0 saturated carbocycles. The summed E-state index contributed by atoms with van der Waals surface area (Å²) in [6, 6.07) is 4.04. The van der Waals surface area contributed by atoms with E-state index < -0.39 is 5.60 Å². The van der Waals surface area contributed by atoms with Crippen molar-refractivity contribution in [1.82, 2.24) is 10.3 Å². The van der Waals surface area contributed by atoms with E-state index in [4.69, 9.17) is 0 Å². The number of rotatable bonds is 7. The van der Waals surface area contributed by atoms with Crippen LogP contribution in [-0.2, 0) is 6.42 Å². The number of pyridine rings is 1. The Kier molecular flexibility index (Phi) is 5.59. The Morgan fingerprint density at radius 3 is 2.59 bits per heavy atom. The maximum Gasteiger partial charge on any atom is 0.0746 e. The molecule has 3 heteroatoms. The number of nitrogens with one attached hydrogen (secondary N) is 1. The van der Waals surface area contributed by atoms with Crippen molar-refractivity contribution in [1.29, 1.82) is 0 Å². The Bertz CT molecular complexity index is 309. The zero-order valence-corrected chi connectivity index (χ0v) is 11.1. The highest BCUT2D eigenvalue weighted by atomic mass is 16.3. The molecule has 1 aromatic rings. The summed E-state index contributed by atoms with van der Waals surface area (Å²) in [5, 5.41) is 13.4. The van der Waals surface area contributed by atoms with Crippen molar-refractivity contribution in [2.45, 2.75) is 39.2 Å². The lowest BCUT2D eigenvalue weighted by atomic mass is 9.94. The van der Waals surface area contributed by atoms with Gasteiger partial charge in [-0.15, -0.1) is 0 Å². The van der Waals surface area contributed by atoms with E-state index in [9.17, 15) is 5.11 Å². The molecule has 2 N–H and O–H groups in total. The van der Waals surface area contributed by atoms with Crippen LogP contribution in [0.3, 0.4) is 0 Å². The highest BCUT2D eigenvalue weighted by molar-refractivity contribution is 5.09. The van der Waals surface area contributed by atoms with Gasteiger partial charge in [-0.2, -0.15) is 0 Å². The molecule has 0 aliphatic heterocycles. The first kappa shape index (κ1) is 14.1. The molecule has 0 bridgehead atoms. The molecule has 0 aliphatic rings. The molecule has 0 amide bonds. The zero-order chi connectivity index (χ0) is 12.7. The van der Waals surface area contributed by atoms with Crippen molar-refractivity contribution in [3.8, 4) is 0 Å². The summed E-state index contributed by atoms with van der Waals surface area (Å²) in [4.78, 5) is 3.99. The normalized spacial score (nSPS) is 14.9. The molecular weight excluding hydrogens is 212 g/mol. The second-order valence-corrected chi connectivity index (χ2v) is 5.38. The van der Waals surface area contributed by atoms with E-state index in [1.165, 1.54) is 5.56 Å². The average Bonchev–Trinajstić information content (AvgIpc) is 2.24. The Balaban J connectivity index is 2.20. The van der Waals surface area contributed by atoms with Crippen molar-refractivity contribution in [3.05, 3.63) is 30.1 Å². The van der Waals surface area contributed by atoms with Gasteiger partial charge >= 0.3 is 0 Å². The van der Waals surface area contributed by atoms with Gasteiger partial charge < -0.3 is 10.4 Å². The van der Waals surface area contributed by atoms with E-state index >= 15 is 0 Å². The Labute approximate surface area is 104 Å². The predicted octanol–water partition coefficient (Wildman–Crippen LogP) is 2.01. The first-order valence-electron chi connectivity index (χ1n) is 6.31. The quantitative estimate of drug-likeness (QED) is 0.712. The molecule has 0 spiro atoms. The number of aliphatic hydroxyl groups is 1. The molecule has 17 heavy (non-hydrogen) atoms. The van der Waals surface area contributed by atoms with Gasteiger partial charge in [0.2, 0.25) is 0 Å². The van der Waals surface area contributed by atoms with Crippen LogP contribution in [0.5, 0.6) is 0 Å². The lowest BCUT2D eigenvalue weighted by molar-refractivity contribution is 0.0389. The first-order valence-corrected chi connectivity index (χ1v) is 6.31. The molecule has 0 aromatic carbocycles. The minimum Gasteiger partial charge on any atom is -0.389 e. The third-order valence-electron chi connectivity index (χ3n) is 2.69. The lowest BCUT2D eigenvalue weighted by Crippen LogP contribution is -2.39. The van der Waals surface area contributed by atoms with E-state index in [-0.39, 0.29) is 0 Å². The maximum absolute atomic E-state index is 10.1. The molecule has 96 valence electrons. The summed E-state index contributed by atoms with van der Waals surface area (Å²) in [5.74, 6) is 0.520. The number of aromatic nitrogens is 1. The van der Waals surface area contributed by atoms with Crippen LogP contribution in [-0.4, -0.2) is 28.8 Å². The molecule has 1 rings (SSSR count). The van der Waals surface area contributed by atoms with Gasteiger partial charge in [0.05, 0.1) is 5.60 Å². The highest BCUT2D eigenvalue weighted by Gasteiger charge is 2.20. The summed E-state index contributed by atoms with van der Waals surface area (Å²) in [6.07, 6.45) is 5.42. The van der Waals surface area contributed by atoms with Crippen molar-refractivity contribution in [2.75, 3.05) is 13.1 Å². The van der Waals surface area contributed by atoms with Gasteiger partial charge in [-0.05, 0) is 49.9 Å². The summed E-state index contributed by atoms with van der Waals surface area (Å²) in [6.45, 7) is 7.69. The summed E-state index contributed by atoms with van der Waals surface area (Å²) in [5.41, 5.74) is 0.669. The lowest BCUT2D eigenvalue weighted by Gasteiger charge is -2.25. The summed E-state index contributed by atoms with van der Waals surface area (Å²) >= 11 is 0. The van der Waals surface area contributed by atoms with Gasteiger partial charge in [-0.1, -0.05) is 13.8 Å². The third kappa shape index (κ3) is 6.39. The van der Waals surface area contributed by atoms with Gasteiger partial charge in [0.15, 0.2) is 0 Å². The van der Waals surface area contributed by atoms with Gasteiger partial charge in [0.25, 0.3) is 0 Å². The Hall–Kier alpha value is -0.930. The molecule has 0 saturated heterocycles. The van der Waals surface area contributed by atoms with Gasteiger partial charge in [-0.3, -0.25) is 4.98 Å². The van der Waals surface area contributed by atoms with Gasteiger partial charge in [-0.25, -0.2) is 0 Å². The second-order valence-electron chi connectivity index (χ2n) is 5.38. The molecule has 1 atom stereocenters. The van der Waals surface area contributed by atoms with Crippen LogP contribution in [0.15, 0.2) is 24.5 Å². The van der Waals surface area contributed by atoms with Crippen molar-refractivity contribution >= 4 is 0 Å². The fraction of sp³-hybridized carbons (Fsp3) is 0.643. The largest absolute Gasteiger partial charge is 0.389 e. The molecule has 0 fully saturated rings. The minimum absolute atomic E-state index is 0.520. The molecule has 0 aliphatic carbocycles. The number of hydrogen-bond acceptors (Lipinski definition) is 3. The van der Waals surface area contributed by atoms with E-state index in [0.29, 0.717) is 12.5 Å². The minimum atomic E-state index is -0.605. The Morgan fingerprint density at radius 1 is 1.35 bits per heavy atom. The number of nitrogens with zero attached hydrogens (tertiary/aromatic N) is 1. The fourth-order valence-corrected chi connectivity index (χ4v) is 2.09. The van der Waals surface area contributed by atoms with Crippen molar-refractivity contribution < 1.29 is 5.11 Å². The molecule has 1 aromatic heterocycles. The van der Waals surface area contributed by atoms with Crippen molar-refractivity contribution in [2.24, 2.45) is 5.92 Å². The standard InChI is InChI=1S/C14H24N2O/c1-12(2)10-14(3,17)11-16-9-6-13-4-7-15-8-5-13/h4-5,7-8,12,16-17H,6,9-11H2,1-3H3. The topological polar surface area (TPSA) is 45.1 Å². The maximum atomic E-state index is 10.1. The van der Waals surface area contributed by atoms with Crippen LogP contribution in [0.2, 0.25) is 0 Å². The van der Waals surface area contributed by atoms with E-state index in [2.05, 4.69) is 24.1 Å². The third-order valence-corrected chi connectivity index (χ3v) is 2.69. The fourth-order valence-electron chi connectivity index (χ4n) is 2.09. The average molecular weight is 236 g/mol. The SMILES string of the molecule is CC(C)CC(C)(O)CNCCc1ccncc1. The summed E-state index contributed by atoms with van der Waals surface area (Å²) < 4.78 is 0. The van der Waals surface area contributed by atoms with E-state index in [1.807, 2.05) is 31.5 Å².